The van der Waals surface area contributed by atoms with Gasteiger partial charge in [0.1, 0.15) is 5.82 Å². The number of rotatable bonds is 4. The van der Waals surface area contributed by atoms with Crippen LogP contribution in [0.1, 0.15) is 32.6 Å². The van der Waals surface area contributed by atoms with Crippen molar-refractivity contribution in [2.45, 2.75) is 38.6 Å². The molecule has 0 aliphatic heterocycles. The smallest absolute Gasteiger partial charge is 0.126 e. The Hall–Kier alpha value is -0.760. The summed E-state index contributed by atoms with van der Waals surface area (Å²) in [7, 11) is 0. The molecule has 1 atom stereocenters. The Balaban J connectivity index is 1.91. The van der Waals surface area contributed by atoms with E-state index in [4.69, 9.17) is 11.6 Å². The van der Waals surface area contributed by atoms with Gasteiger partial charge < -0.3 is 5.32 Å². The van der Waals surface area contributed by atoms with Crippen molar-refractivity contribution in [2.75, 3.05) is 5.32 Å². The summed E-state index contributed by atoms with van der Waals surface area (Å²) in [5, 5.41) is 3.74. The van der Waals surface area contributed by atoms with Crippen molar-refractivity contribution in [3.05, 3.63) is 29.0 Å². The SMILES string of the molecule is CC(CC1CCC1)Nc1cc(F)cc(Cl)c1. The minimum Gasteiger partial charge on any atom is -0.382 e. The molecule has 1 fully saturated rings. The summed E-state index contributed by atoms with van der Waals surface area (Å²) in [6.45, 7) is 2.14. The zero-order valence-electron chi connectivity index (χ0n) is 9.47. The second-order valence-corrected chi connectivity index (χ2v) is 5.17. The third-order valence-corrected chi connectivity index (χ3v) is 3.41. The van der Waals surface area contributed by atoms with Crippen LogP contribution in [0.3, 0.4) is 0 Å². The molecular formula is C13H17ClFN. The number of hydrogen-bond donors (Lipinski definition) is 1. The van der Waals surface area contributed by atoms with Crippen LogP contribution >= 0.6 is 11.6 Å². The Morgan fingerprint density at radius 1 is 1.44 bits per heavy atom. The van der Waals surface area contributed by atoms with E-state index < -0.39 is 0 Å². The van der Waals surface area contributed by atoms with Gasteiger partial charge in [-0.3, -0.25) is 0 Å². The van der Waals surface area contributed by atoms with Gasteiger partial charge in [-0.2, -0.15) is 0 Å². The number of hydrogen-bond acceptors (Lipinski definition) is 1. The normalized spacial score (nSPS) is 17.9. The van der Waals surface area contributed by atoms with E-state index in [1.54, 1.807) is 6.07 Å². The zero-order chi connectivity index (χ0) is 11.5. The topological polar surface area (TPSA) is 12.0 Å². The molecule has 0 spiro atoms. The second-order valence-electron chi connectivity index (χ2n) is 4.74. The van der Waals surface area contributed by atoms with Crippen molar-refractivity contribution >= 4 is 17.3 Å². The van der Waals surface area contributed by atoms with Gasteiger partial charge in [0.25, 0.3) is 0 Å². The largest absolute Gasteiger partial charge is 0.382 e. The predicted octanol–water partition coefficient (Wildman–Crippen LogP) is 4.47. The molecular weight excluding hydrogens is 225 g/mol. The fourth-order valence-corrected chi connectivity index (χ4v) is 2.43. The molecule has 1 aromatic carbocycles. The minimum atomic E-state index is -0.286. The molecule has 0 amide bonds. The van der Waals surface area contributed by atoms with Gasteiger partial charge in [0.15, 0.2) is 0 Å². The van der Waals surface area contributed by atoms with E-state index in [-0.39, 0.29) is 5.82 Å². The lowest BCUT2D eigenvalue weighted by molar-refractivity contribution is 0.286. The molecule has 1 aliphatic carbocycles. The van der Waals surface area contributed by atoms with E-state index >= 15 is 0 Å². The van der Waals surface area contributed by atoms with Crippen molar-refractivity contribution in [1.82, 2.24) is 0 Å². The number of benzene rings is 1. The summed E-state index contributed by atoms with van der Waals surface area (Å²) in [6, 6.07) is 4.96. The maximum Gasteiger partial charge on any atom is 0.126 e. The number of halogens is 2. The molecule has 3 heteroatoms. The van der Waals surface area contributed by atoms with Gasteiger partial charge in [0, 0.05) is 16.8 Å². The van der Waals surface area contributed by atoms with Crippen LogP contribution in [0.25, 0.3) is 0 Å². The molecule has 1 aliphatic rings. The van der Waals surface area contributed by atoms with Crippen molar-refractivity contribution in [3.8, 4) is 0 Å². The number of anilines is 1. The first-order valence-electron chi connectivity index (χ1n) is 5.86. The molecule has 1 aromatic rings. The van der Waals surface area contributed by atoms with E-state index in [0.717, 1.165) is 18.0 Å². The van der Waals surface area contributed by atoms with E-state index in [9.17, 15) is 4.39 Å². The summed E-state index contributed by atoms with van der Waals surface area (Å²) in [6.07, 6.45) is 5.21. The van der Waals surface area contributed by atoms with Gasteiger partial charge in [-0.25, -0.2) is 4.39 Å². The van der Waals surface area contributed by atoms with E-state index in [0.29, 0.717) is 11.1 Å². The van der Waals surface area contributed by atoms with Crippen molar-refractivity contribution in [2.24, 2.45) is 5.92 Å². The Morgan fingerprint density at radius 3 is 2.75 bits per heavy atom. The summed E-state index contributed by atoms with van der Waals surface area (Å²) < 4.78 is 13.1. The molecule has 16 heavy (non-hydrogen) atoms. The maximum atomic E-state index is 13.1. The molecule has 0 saturated heterocycles. The van der Waals surface area contributed by atoms with E-state index in [1.807, 2.05) is 0 Å². The summed E-state index contributed by atoms with van der Waals surface area (Å²) in [5.74, 6) is 0.567. The third-order valence-electron chi connectivity index (χ3n) is 3.19. The predicted molar refractivity (Wildman–Crippen MR) is 66.5 cm³/mol. The molecule has 1 N–H and O–H groups in total. The highest BCUT2D eigenvalue weighted by Gasteiger charge is 2.19. The van der Waals surface area contributed by atoms with Crippen molar-refractivity contribution in [1.29, 1.82) is 0 Å². The Labute approximate surface area is 101 Å². The molecule has 1 unspecified atom stereocenters. The Bertz CT molecular complexity index is 343. The summed E-state index contributed by atoms with van der Waals surface area (Å²) >= 11 is 5.80. The second kappa shape index (κ2) is 5.05. The fourth-order valence-electron chi connectivity index (χ4n) is 2.21. The van der Waals surface area contributed by atoms with Gasteiger partial charge in [0.05, 0.1) is 0 Å². The molecule has 1 saturated carbocycles. The highest BCUT2D eigenvalue weighted by molar-refractivity contribution is 6.30. The quantitative estimate of drug-likeness (QED) is 0.820. The Morgan fingerprint density at radius 2 is 2.19 bits per heavy atom. The molecule has 0 radical (unpaired) electrons. The van der Waals surface area contributed by atoms with Crippen LogP contribution in [0.4, 0.5) is 10.1 Å². The third kappa shape index (κ3) is 3.11. The lowest BCUT2D eigenvalue weighted by atomic mass is 9.81. The van der Waals surface area contributed by atoms with Gasteiger partial charge in [-0.15, -0.1) is 0 Å². The van der Waals surface area contributed by atoms with Crippen LogP contribution < -0.4 is 5.32 Å². The van der Waals surface area contributed by atoms with Gasteiger partial charge in [-0.05, 0) is 37.5 Å². The van der Waals surface area contributed by atoms with E-state index in [1.165, 1.54) is 31.4 Å². The minimum absolute atomic E-state index is 0.286. The van der Waals surface area contributed by atoms with Crippen molar-refractivity contribution in [3.63, 3.8) is 0 Å². The number of nitrogens with one attached hydrogen (secondary N) is 1. The maximum absolute atomic E-state index is 13.1. The fraction of sp³-hybridized carbons (Fsp3) is 0.538. The van der Waals surface area contributed by atoms with Gasteiger partial charge in [0.2, 0.25) is 0 Å². The van der Waals surface area contributed by atoms with Crippen LogP contribution in [-0.4, -0.2) is 6.04 Å². The van der Waals surface area contributed by atoms with Crippen LogP contribution in [0.2, 0.25) is 5.02 Å². The first kappa shape index (κ1) is 11.7. The van der Waals surface area contributed by atoms with Crippen LogP contribution in [0.5, 0.6) is 0 Å². The average molecular weight is 242 g/mol. The highest BCUT2D eigenvalue weighted by Crippen LogP contribution is 2.31. The monoisotopic (exact) mass is 241 g/mol. The van der Waals surface area contributed by atoms with Crippen LogP contribution in [0.15, 0.2) is 18.2 Å². The summed E-state index contributed by atoms with van der Waals surface area (Å²) in [5.41, 5.74) is 0.775. The van der Waals surface area contributed by atoms with Gasteiger partial charge in [-0.1, -0.05) is 30.9 Å². The molecule has 0 heterocycles. The molecule has 88 valence electrons. The Kier molecular flexibility index (Phi) is 3.70. The summed E-state index contributed by atoms with van der Waals surface area (Å²) in [4.78, 5) is 0. The lowest BCUT2D eigenvalue weighted by Crippen LogP contribution is -2.23. The molecule has 0 aromatic heterocycles. The first-order chi connectivity index (χ1) is 7.63. The molecule has 0 bridgehead atoms. The van der Waals surface area contributed by atoms with Crippen LogP contribution in [-0.2, 0) is 0 Å². The van der Waals surface area contributed by atoms with Crippen LogP contribution in [0, 0.1) is 11.7 Å². The standard InChI is InChI=1S/C13H17ClFN/c1-9(5-10-3-2-4-10)16-13-7-11(14)6-12(15)8-13/h6-10,16H,2-5H2,1H3. The van der Waals surface area contributed by atoms with Gasteiger partial charge >= 0.3 is 0 Å². The molecule has 2 rings (SSSR count). The lowest BCUT2D eigenvalue weighted by Gasteiger charge is -2.28. The molecule has 1 nitrogen and oxygen atoms in total. The van der Waals surface area contributed by atoms with E-state index in [2.05, 4.69) is 12.2 Å². The highest BCUT2D eigenvalue weighted by atomic mass is 35.5. The van der Waals surface area contributed by atoms with Crippen molar-refractivity contribution < 1.29 is 4.39 Å². The zero-order valence-corrected chi connectivity index (χ0v) is 10.2. The first-order valence-corrected chi connectivity index (χ1v) is 6.24. The average Bonchev–Trinajstić information content (AvgIpc) is 2.09.